The van der Waals surface area contributed by atoms with Gasteiger partial charge in [-0.15, -0.1) is 0 Å². The van der Waals surface area contributed by atoms with Crippen molar-refractivity contribution in [3.8, 4) is 18.2 Å². The smallest absolute Gasteiger partial charge is 0.338 e. The SMILES string of the molecule is CCCCCCCCCCCCCCCCOC(=O)c1ccc(Cl)c(NC(C#N)=C(C#N)C#N)c1. The number of carbonyl (C=O) groups excluding carboxylic acids is 1. The highest BCUT2D eigenvalue weighted by Gasteiger charge is 2.13. The lowest BCUT2D eigenvalue weighted by molar-refractivity contribution is 0.0497. The quantitative estimate of drug-likeness (QED) is 0.124. The number of esters is 1. The van der Waals surface area contributed by atoms with Crippen LogP contribution >= 0.6 is 11.6 Å². The van der Waals surface area contributed by atoms with Crippen LogP contribution < -0.4 is 5.32 Å². The monoisotopic (exact) mass is 496 g/mol. The Morgan fingerprint density at radius 3 is 1.83 bits per heavy atom. The molecule has 0 fully saturated rings. The van der Waals surface area contributed by atoms with Gasteiger partial charge in [0, 0.05) is 0 Å². The van der Waals surface area contributed by atoms with Gasteiger partial charge in [0.1, 0.15) is 23.9 Å². The number of anilines is 1. The minimum atomic E-state index is -0.484. The first-order chi connectivity index (χ1) is 17.1. The lowest BCUT2D eigenvalue weighted by atomic mass is 10.0. The van der Waals surface area contributed by atoms with Gasteiger partial charge in [0.2, 0.25) is 0 Å². The van der Waals surface area contributed by atoms with Crippen molar-refractivity contribution in [2.24, 2.45) is 0 Å². The first-order valence-corrected chi connectivity index (χ1v) is 13.1. The van der Waals surface area contributed by atoms with E-state index in [1.165, 1.54) is 88.8 Å². The Kier molecular flexibility index (Phi) is 16.6. The zero-order valence-electron chi connectivity index (χ0n) is 20.9. The second-order valence-electron chi connectivity index (χ2n) is 8.64. The molecular weight excluding hydrogens is 460 g/mol. The van der Waals surface area contributed by atoms with Crippen molar-refractivity contribution in [2.75, 3.05) is 11.9 Å². The van der Waals surface area contributed by atoms with Crippen LogP contribution in [0.15, 0.2) is 29.5 Å². The molecule has 0 radical (unpaired) electrons. The van der Waals surface area contributed by atoms with Crippen LogP contribution in [0.25, 0.3) is 0 Å². The molecule has 0 aliphatic heterocycles. The van der Waals surface area contributed by atoms with Crippen LogP contribution in [0.5, 0.6) is 0 Å². The molecule has 0 saturated carbocycles. The van der Waals surface area contributed by atoms with Gasteiger partial charge in [-0.1, -0.05) is 102 Å². The maximum absolute atomic E-state index is 12.4. The van der Waals surface area contributed by atoms with Gasteiger partial charge in [0.15, 0.2) is 5.57 Å². The Balaban J connectivity index is 2.24. The number of unbranched alkanes of at least 4 members (excludes halogenated alkanes) is 13. The number of benzene rings is 1. The highest BCUT2D eigenvalue weighted by molar-refractivity contribution is 6.33. The van der Waals surface area contributed by atoms with E-state index in [4.69, 9.17) is 26.9 Å². The third-order valence-corrected chi connectivity index (χ3v) is 6.11. The molecule has 0 atom stereocenters. The van der Waals surface area contributed by atoms with Gasteiger partial charge in [-0.2, -0.15) is 15.8 Å². The topological polar surface area (TPSA) is 110 Å². The first-order valence-electron chi connectivity index (χ1n) is 12.8. The number of ether oxygens (including phenoxy) is 1. The summed E-state index contributed by atoms with van der Waals surface area (Å²) in [6, 6.07) is 9.54. The highest BCUT2D eigenvalue weighted by atomic mass is 35.5. The van der Waals surface area contributed by atoms with E-state index in [1.807, 2.05) is 0 Å². The molecule has 0 unspecified atom stereocenters. The zero-order valence-corrected chi connectivity index (χ0v) is 21.6. The van der Waals surface area contributed by atoms with Gasteiger partial charge < -0.3 is 10.1 Å². The molecule has 0 bridgehead atoms. The largest absolute Gasteiger partial charge is 0.462 e. The average molecular weight is 497 g/mol. The molecule has 1 aromatic rings. The maximum atomic E-state index is 12.4. The zero-order chi connectivity index (χ0) is 25.7. The van der Waals surface area contributed by atoms with Crippen LogP contribution in [0.1, 0.15) is 107 Å². The van der Waals surface area contributed by atoms with E-state index in [0.717, 1.165) is 19.3 Å². The summed E-state index contributed by atoms with van der Waals surface area (Å²) >= 11 is 6.13. The summed E-state index contributed by atoms with van der Waals surface area (Å²) in [6.07, 6.45) is 17.7. The Hall–Kier alpha value is -3.01. The number of halogens is 1. The summed E-state index contributed by atoms with van der Waals surface area (Å²) in [5.41, 5.74) is -0.0774. The Morgan fingerprint density at radius 1 is 0.829 bits per heavy atom. The Morgan fingerprint density at radius 2 is 1.34 bits per heavy atom. The van der Waals surface area contributed by atoms with Crippen LogP contribution in [0, 0.1) is 34.0 Å². The molecule has 6 nitrogen and oxygen atoms in total. The molecule has 1 aromatic carbocycles. The fourth-order valence-corrected chi connectivity index (χ4v) is 3.88. The highest BCUT2D eigenvalue weighted by Crippen LogP contribution is 2.25. The maximum Gasteiger partial charge on any atom is 0.338 e. The van der Waals surface area contributed by atoms with Crippen molar-refractivity contribution in [3.05, 3.63) is 40.1 Å². The first kappa shape index (κ1) is 30.0. The number of nitriles is 3. The molecule has 0 spiro atoms. The summed E-state index contributed by atoms with van der Waals surface area (Å²) < 4.78 is 5.36. The van der Waals surface area contributed by atoms with E-state index < -0.39 is 5.97 Å². The summed E-state index contributed by atoms with van der Waals surface area (Å²) in [6.45, 7) is 2.60. The molecule has 0 amide bonds. The van der Waals surface area contributed by atoms with E-state index in [9.17, 15) is 10.1 Å². The van der Waals surface area contributed by atoms with Crippen LogP contribution in [0.3, 0.4) is 0 Å². The van der Waals surface area contributed by atoms with Gasteiger partial charge in [-0.3, -0.25) is 0 Å². The predicted octanol–water partition coefficient (Wildman–Crippen LogP) is 8.21. The van der Waals surface area contributed by atoms with Gasteiger partial charge in [-0.25, -0.2) is 4.79 Å². The number of rotatable bonds is 18. The molecule has 1 rings (SSSR count). The molecule has 0 saturated heterocycles. The summed E-state index contributed by atoms with van der Waals surface area (Å²) in [5, 5.41) is 30.0. The lowest BCUT2D eigenvalue weighted by Crippen LogP contribution is -2.08. The van der Waals surface area contributed by atoms with Gasteiger partial charge in [-0.05, 0) is 24.6 Å². The third-order valence-electron chi connectivity index (χ3n) is 5.78. The normalized spacial score (nSPS) is 10.0. The van der Waals surface area contributed by atoms with Crippen molar-refractivity contribution in [1.29, 1.82) is 15.8 Å². The summed E-state index contributed by atoms with van der Waals surface area (Å²) in [5.74, 6) is -0.484. The van der Waals surface area contributed by atoms with Gasteiger partial charge >= 0.3 is 5.97 Å². The molecule has 188 valence electrons. The second kappa shape index (κ2) is 19.3. The van der Waals surface area contributed by atoms with E-state index in [0.29, 0.717) is 6.61 Å². The van der Waals surface area contributed by atoms with E-state index >= 15 is 0 Å². The van der Waals surface area contributed by atoms with E-state index in [2.05, 4.69) is 12.2 Å². The number of hydrogen-bond acceptors (Lipinski definition) is 6. The minimum Gasteiger partial charge on any atom is -0.462 e. The fraction of sp³-hybridized carbons (Fsp3) is 0.571. The second-order valence-corrected chi connectivity index (χ2v) is 9.04. The number of nitrogens with zero attached hydrogens (tertiary/aromatic N) is 3. The Labute approximate surface area is 215 Å². The standard InChI is InChI=1S/C28H37ClN4O2/c1-2-3-4-5-6-7-8-9-10-11-12-13-14-15-18-35-28(34)23-16-17-25(29)26(19-23)33-27(22-32)24(20-30)21-31/h16-17,19,33H,2-15,18H2,1H3. The molecular formula is C28H37ClN4O2. The van der Waals surface area contributed by atoms with E-state index in [-0.39, 0.29) is 27.5 Å². The van der Waals surface area contributed by atoms with Crippen molar-refractivity contribution in [2.45, 2.75) is 96.8 Å². The van der Waals surface area contributed by atoms with Crippen LogP contribution in [-0.2, 0) is 4.74 Å². The van der Waals surface area contributed by atoms with E-state index in [1.54, 1.807) is 18.2 Å². The molecule has 0 aliphatic carbocycles. The summed E-state index contributed by atoms with van der Waals surface area (Å²) in [4.78, 5) is 12.4. The van der Waals surface area contributed by atoms with Gasteiger partial charge in [0.05, 0.1) is 22.9 Å². The average Bonchev–Trinajstić information content (AvgIpc) is 2.87. The van der Waals surface area contributed by atoms with Crippen LogP contribution in [0.4, 0.5) is 5.69 Å². The van der Waals surface area contributed by atoms with Crippen LogP contribution in [0.2, 0.25) is 5.02 Å². The predicted molar refractivity (Wildman–Crippen MR) is 140 cm³/mol. The number of carbonyl (C=O) groups is 1. The molecule has 0 aliphatic rings. The van der Waals surface area contributed by atoms with Crippen molar-refractivity contribution < 1.29 is 9.53 Å². The lowest BCUT2D eigenvalue weighted by Gasteiger charge is -2.10. The third kappa shape index (κ3) is 12.9. The molecule has 0 aromatic heterocycles. The van der Waals surface area contributed by atoms with Gasteiger partial charge in [0.25, 0.3) is 0 Å². The van der Waals surface area contributed by atoms with Crippen LogP contribution in [-0.4, -0.2) is 12.6 Å². The number of nitrogens with one attached hydrogen (secondary N) is 1. The molecule has 35 heavy (non-hydrogen) atoms. The fourth-order valence-electron chi connectivity index (χ4n) is 3.71. The van der Waals surface area contributed by atoms with Crippen molar-refractivity contribution in [1.82, 2.24) is 0 Å². The Bertz CT molecular complexity index is 922. The number of hydrogen-bond donors (Lipinski definition) is 1. The number of allylic oxidation sites excluding steroid dienone is 2. The molecule has 0 heterocycles. The summed E-state index contributed by atoms with van der Waals surface area (Å²) in [7, 11) is 0. The minimum absolute atomic E-state index is 0.232. The molecule has 1 N–H and O–H groups in total. The van der Waals surface area contributed by atoms with Crippen molar-refractivity contribution >= 4 is 23.3 Å². The van der Waals surface area contributed by atoms with Crippen molar-refractivity contribution in [3.63, 3.8) is 0 Å². The molecule has 7 heteroatoms.